The Bertz CT molecular complexity index is 1420. The fourth-order valence-corrected chi connectivity index (χ4v) is 4.54. The number of amides is 1. The van der Waals surface area contributed by atoms with Gasteiger partial charge >= 0.3 is 0 Å². The summed E-state index contributed by atoms with van der Waals surface area (Å²) in [5.41, 5.74) is 6.44. The maximum Gasteiger partial charge on any atom is 0.268 e. The summed E-state index contributed by atoms with van der Waals surface area (Å²) in [6.45, 7) is 5.97. The molecule has 2 aromatic heterocycles. The number of thiazole rings is 1. The molecular weight excluding hydrogens is 444 g/mol. The van der Waals surface area contributed by atoms with E-state index in [-0.39, 0.29) is 5.57 Å². The van der Waals surface area contributed by atoms with Crippen LogP contribution in [0.15, 0.2) is 65.6 Å². The van der Waals surface area contributed by atoms with Crippen LogP contribution in [0.1, 0.15) is 22.5 Å². The van der Waals surface area contributed by atoms with Crippen molar-refractivity contribution in [3.8, 4) is 28.8 Å². The number of nitrogens with zero attached hydrogens (tertiary/aromatic N) is 3. The van der Waals surface area contributed by atoms with Gasteiger partial charge in [-0.2, -0.15) is 5.26 Å². The SMILES string of the molecule is COc1ccc(C)cc1-n1c(C)cc(/C=C(/C#N)C(=O)Nc2nc(-c3ccccc3)cs2)c1C. The lowest BCUT2D eigenvalue weighted by Gasteiger charge is -2.14. The normalized spacial score (nSPS) is 11.2. The molecule has 4 aromatic rings. The zero-order valence-corrected chi connectivity index (χ0v) is 20.2. The zero-order valence-electron chi connectivity index (χ0n) is 19.4. The summed E-state index contributed by atoms with van der Waals surface area (Å²) in [5.74, 6) is 0.258. The summed E-state index contributed by atoms with van der Waals surface area (Å²) < 4.78 is 7.62. The highest BCUT2D eigenvalue weighted by Crippen LogP contribution is 2.30. The number of methoxy groups -OCH3 is 1. The molecule has 2 heterocycles. The summed E-state index contributed by atoms with van der Waals surface area (Å²) in [6.07, 6.45) is 1.61. The standard InChI is InChI=1S/C27H24N4O2S/c1-17-10-11-25(33-4)24(12-17)31-18(2)13-21(19(31)3)14-22(15-28)26(32)30-27-29-23(16-34-27)20-8-6-5-7-9-20/h5-14,16H,1-4H3,(H,29,30,32)/b22-14-. The van der Waals surface area contributed by atoms with Crippen molar-refractivity contribution in [2.75, 3.05) is 12.4 Å². The molecule has 1 amide bonds. The molecule has 6 nitrogen and oxygen atoms in total. The molecule has 7 heteroatoms. The maximum absolute atomic E-state index is 12.8. The first kappa shape index (κ1) is 23.0. The molecule has 0 atom stereocenters. The zero-order chi connectivity index (χ0) is 24.2. The number of benzene rings is 2. The van der Waals surface area contributed by atoms with E-state index in [1.165, 1.54) is 11.3 Å². The van der Waals surface area contributed by atoms with Crippen molar-refractivity contribution < 1.29 is 9.53 Å². The number of carbonyl (C=O) groups is 1. The molecule has 0 fully saturated rings. The highest BCUT2D eigenvalue weighted by atomic mass is 32.1. The summed E-state index contributed by atoms with van der Waals surface area (Å²) >= 11 is 1.32. The summed E-state index contributed by atoms with van der Waals surface area (Å²) in [6, 6.07) is 19.7. The Hall–Kier alpha value is -4.15. The molecule has 2 aromatic carbocycles. The molecule has 0 unspecified atom stereocenters. The van der Waals surface area contributed by atoms with Crippen LogP contribution in [0.25, 0.3) is 23.0 Å². The number of carbonyl (C=O) groups excluding carboxylic acids is 1. The van der Waals surface area contributed by atoms with Crippen molar-refractivity contribution >= 4 is 28.5 Å². The van der Waals surface area contributed by atoms with E-state index < -0.39 is 5.91 Å². The minimum Gasteiger partial charge on any atom is -0.495 e. The number of aryl methyl sites for hydroxylation is 2. The molecule has 0 saturated carbocycles. The van der Waals surface area contributed by atoms with Crippen LogP contribution in [0, 0.1) is 32.1 Å². The molecule has 0 aliphatic rings. The van der Waals surface area contributed by atoms with Gasteiger partial charge in [-0.25, -0.2) is 4.98 Å². The number of nitriles is 1. The molecule has 0 aliphatic carbocycles. The van der Waals surface area contributed by atoms with Gasteiger partial charge in [0.2, 0.25) is 0 Å². The van der Waals surface area contributed by atoms with Crippen LogP contribution in [0.3, 0.4) is 0 Å². The van der Waals surface area contributed by atoms with Gasteiger partial charge in [-0.05, 0) is 56.2 Å². The van der Waals surface area contributed by atoms with Gasteiger partial charge in [-0.15, -0.1) is 11.3 Å². The molecule has 4 rings (SSSR count). The molecule has 0 radical (unpaired) electrons. The number of aromatic nitrogens is 2. The maximum atomic E-state index is 12.8. The molecule has 0 aliphatic heterocycles. The van der Waals surface area contributed by atoms with Crippen LogP contribution in [-0.2, 0) is 4.79 Å². The Morgan fingerprint density at radius 3 is 2.62 bits per heavy atom. The number of ether oxygens (including phenoxy) is 1. The predicted molar refractivity (Wildman–Crippen MR) is 136 cm³/mol. The molecule has 0 saturated heterocycles. The van der Waals surface area contributed by atoms with Crippen molar-refractivity contribution in [3.05, 3.63) is 88.1 Å². The molecule has 170 valence electrons. The van der Waals surface area contributed by atoms with Gasteiger partial charge in [0.25, 0.3) is 5.91 Å². The second kappa shape index (κ2) is 9.77. The van der Waals surface area contributed by atoms with E-state index in [1.54, 1.807) is 13.2 Å². The minimum absolute atomic E-state index is 0.00733. The monoisotopic (exact) mass is 468 g/mol. The van der Waals surface area contributed by atoms with Gasteiger partial charge in [0.1, 0.15) is 17.4 Å². The largest absolute Gasteiger partial charge is 0.495 e. The lowest BCUT2D eigenvalue weighted by atomic mass is 10.1. The average Bonchev–Trinajstić information content (AvgIpc) is 3.41. The van der Waals surface area contributed by atoms with Gasteiger partial charge in [-0.1, -0.05) is 36.4 Å². The Kier molecular flexibility index (Phi) is 6.62. The number of hydrogen-bond acceptors (Lipinski definition) is 5. The molecule has 1 N–H and O–H groups in total. The van der Waals surface area contributed by atoms with Crippen LogP contribution in [0.2, 0.25) is 0 Å². The number of anilines is 1. The van der Waals surface area contributed by atoms with Crippen molar-refractivity contribution in [3.63, 3.8) is 0 Å². The Morgan fingerprint density at radius 2 is 1.91 bits per heavy atom. The van der Waals surface area contributed by atoms with Gasteiger partial charge in [0.05, 0.1) is 18.5 Å². The van der Waals surface area contributed by atoms with Crippen molar-refractivity contribution in [2.24, 2.45) is 0 Å². The van der Waals surface area contributed by atoms with Crippen LogP contribution in [0.5, 0.6) is 5.75 Å². The Balaban J connectivity index is 1.62. The van der Waals surface area contributed by atoms with E-state index >= 15 is 0 Å². The fourth-order valence-electron chi connectivity index (χ4n) is 3.82. The van der Waals surface area contributed by atoms with Gasteiger partial charge in [-0.3, -0.25) is 10.1 Å². The van der Waals surface area contributed by atoms with Crippen LogP contribution in [0.4, 0.5) is 5.13 Å². The first-order chi connectivity index (χ1) is 16.4. The third kappa shape index (κ3) is 4.63. The Morgan fingerprint density at radius 1 is 1.15 bits per heavy atom. The smallest absolute Gasteiger partial charge is 0.268 e. The first-order valence-electron chi connectivity index (χ1n) is 10.7. The third-order valence-electron chi connectivity index (χ3n) is 5.50. The second-order valence-corrected chi connectivity index (χ2v) is 8.72. The van der Waals surface area contributed by atoms with Gasteiger partial charge in [0, 0.05) is 22.3 Å². The van der Waals surface area contributed by atoms with Crippen molar-refractivity contribution in [1.82, 2.24) is 9.55 Å². The summed E-state index contributed by atoms with van der Waals surface area (Å²) in [4.78, 5) is 17.3. The lowest BCUT2D eigenvalue weighted by molar-refractivity contribution is -0.112. The van der Waals surface area contributed by atoms with E-state index in [1.807, 2.05) is 80.8 Å². The van der Waals surface area contributed by atoms with Crippen molar-refractivity contribution in [1.29, 1.82) is 5.26 Å². The van der Waals surface area contributed by atoms with Crippen LogP contribution >= 0.6 is 11.3 Å². The highest BCUT2D eigenvalue weighted by Gasteiger charge is 2.17. The van der Waals surface area contributed by atoms with E-state index in [4.69, 9.17) is 4.74 Å². The predicted octanol–water partition coefficient (Wildman–Crippen LogP) is 6.08. The van der Waals surface area contributed by atoms with Crippen molar-refractivity contribution in [2.45, 2.75) is 20.8 Å². The van der Waals surface area contributed by atoms with E-state index in [2.05, 4.69) is 20.9 Å². The molecule has 0 bridgehead atoms. The van der Waals surface area contributed by atoms with Gasteiger partial charge < -0.3 is 9.30 Å². The van der Waals surface area contributed by atoms with Crippen LogP contribution in [-0.4, -0.2) is 22.6 Å². The lowest BCUT2D eigenvalue weighted by Crippen LogP contribution is -2.13. The quantitative estimate of drug-likeness (QED) is 0.275. The fraction of sp³-hybridized carbons (Fsp3) is 0.148. The summed E-state index contributed by atoms with van der Waals surface area (Å²) in [5, 5.41) is 14.8. The number of rotatable bonds is 6. The topological polar surface area (TPSA) is 79.9 Å². The molecule has 34 heavy (non-hydrogen) atoms. The number of nitrogens with one attached hydrogen (secondary N) is 1. The van der Waals surface area contributed by atoms with E-state index in [9.17, 15) is 10.1 Å². The minimum atomic E-state index is -0.491. The molecular formula is C27H24N4O2S. The highest BCUT2D eigenvalue weighted by molar-refractivity contribution is 7.14. The molecule has 0 spiro atoms. The second-order valence-electron chi connectivity index (χ2n) is 7.87. The average molecular weight is 469 g/mol. The number of hydrogen-bond donors (Lipinski definition) is 1. The van der Waals surface area contributed by atoms with Gasteiger partial charge in [0.15, 0.2) is 5.13 Å². The van der Waals surface area contributed by atoms with E-state index in [0.717, 1.165) is 45.2 Å². The summed E-state index contributed by atoms with van der Waals surface area (Å²) in [7, 11) is 1.64. The Labute approximate surface area is 202 Å². The van der Waals surface area contributed by atoms with E-state index in [0.29, 0.717) is 5.13 Å². The third-order valence-corrected chi connectivity index (χ3v) is 6.26. The first-order valence-corrected chi connectivity index (χ1v) is 11.6. The van der Waals surface area contributed by atoms with Crippen LogP contribution < -0.4 is 10.1 Å².